The van der Waals surface area contributed by atoms with Gasteiger partial charge in [-0.25, -0.2) is 4.39 Å². The molecule has 0 bridgehead atoms. The Morgan fingerprint density at radius 3 is 2.95 bits per heavy atom. The molecule has 1 N–H and O–H groups in total. The van der Waals surface area contributed by atoms with Crippen molar-refractivity contribution in [2.45, 2.75) is 25.8 Å². The van der Waals surface area contributed by atoms with Crippen molar-refractivity contribution in [3.63, 3.8) is 0 Å². The Bertz CT molecular complexity index is 444. The summed E-state index contributed by atoms with van der Waals surface area (Å²) in [5.41, 5.74) is 0.502. The molecule has 0 aliphatic carbocycles. The minimum absolute atomic E-state index is 0.113. The second-order valence-electron chi connectivity index (χ2n) is 4.63. The topological polar surface area (TPSA) is 47.6 Å². The lowest BCUT2D eigenvalue weighted by atomic mass is 10.1. The van der Waals surface area contributed by atoms with Crippen LogP contribution >= 0.6 is 0 Å². The van der Waals surface area contributed by atoms with Crippen LogP contribution in [0, 0.1) is 12.7 Å². The quantitative estimate of drug-likeness (QED) is 0.905. The van der Waals surface area contributed by atoms with Crippen LogP contribution in [0.1, 0.15) is 18.4 Å². The van der Waals surface area contributed by atoms with Crippen LogP contribution in [0.25, 0.3) is 0 Å². The molecule has 0 spiro atoms. The number of benzene rings is 1. The molecule has 1 aromatic rings. The highest BCUT2D eigenvalue weighted by molar-refractivity contribution is 5.77. The third-order valence-electron chi connectivity index (χ3n) is 3.10. The minimum Gasteiger partial charge on any atom is -0.481 e. The normalized spacial score (nSPS) is 16.1. The summed E-state index contributed by atoms with van der Waals surface area (Å²) in [4.78, 5) is 11.7. The van der Waals surface area contributed by atoms with Crippen LogP contribution in [0.5, 0.6) is 5.75 Å². The van der Waals surface area contributed by atoms with Crippen molar-refractivity contribution in [3.05, 3.63) is 29.6 Å². The lowest BCUT2D eigenvalue weighted by Gasteiger charge is -2.23. The fourth-order valence-corrected chi connectivity index (χ4v) is 1.99. The highest BCUT2D eigenvalue weighted by Crippen LogP contribution is 2.19. The van der Waals surface area contributed by atoms with Crippen molar-refractivity contribution >= 4 is 5.91 Å². The van der Waals surface area contributed by atoms with Crippen LogP contribution in [0.15, 0.2) is 18.2 Å². The fourth-order valence-electron chi connectivity index (χ4n) is 1.99. The van der Waals surface area contributed by atoms with Crippen molar-refractivity contribution in [3.8, 4) is 5.75 Å². The molecule has 0 radical (unpaired) electrons. The molecule has 1 amide bonds. The van der Waals surface area contributed by atoms with Gasteiger partial charge in [0.05, 0.1) is 0 Å². The van der Waals surface area contributed by atoms with Gasteiger partial charge in [-0.15, -0.1) is 0 Å². The van der Waals surface area contributed by atoms with E-state index in [2.05, 4.69) is 5.32 Å². The molecule has 4 nitrogen and oxygen atoms in total. The smallest absolute Gasteiger partial charge is 0.258 e. The summed E-state index contributed by atoms with van der Waals surface area (Å²) in [5.74, 6) is -0.531. The van der Waals surface area contributed by atoms with E-state index in [-0.39, 0.29) is 24.3 Å². The first kappa shape index (κ1) is 13.8. The summed E-state index contributed by atoms with van der Waals surface area (Å²) >= 11 is 0. The number of rotatable bonds is 4. The molecule has 19 heavy (non-hydrogen) atoms. The van der Waals surface area contributed by atoms with Crippen LogP contribution in [0.3, 0.4) is 0 Å². The molecule has 0 atom stereocenters. The molecule has 5 heteroatoms. The van der Waals surface area contributed by atoms with E-state index in [0.717, 1.165) is 12.8 Å². The maximum Gasteiger partial charge on any atom is 0.258 e. The van der Waals surface area contributed by atoms with Crippen LogP contribution in [-0.4, -0.2) is 31.8 Å². The number of carbonyl (C=O) groups excluding carboxylic acids is 1. The predicted molar refractivity (Wildman–Crippen MR) is 68.6 cm³/mol. The second kappa shape index (κ2) is 6.52. The number of hydrogen-bond acceptors (Lipinski definition) is 3. The van der Waals surface area contributed by atoms with E-state index in [0.29, 0.717) is 18.8 Å². The number of hydrogen-bond donors (Lipinski definition) is 1. The Hall–Kier alpha value is -1.62. The first-order valence-corrected chi connectivity index (χ1v) is 6.42. The standard InChI is InChI=1S/C14H18FNO3/c1-10-3-2-4-12(14(10)15)19-9-13(17)16-11-5-7-18-8-6-11/h2-4,11H,5-9H2,1H3,(H,16,17). The van der Waals surface area contributed by atoms with Gasteiger partial charge in [0, 0.05) is 19.3 Å². The van der Waals surface area contributed by atoms with Crippen molar-refractivity contribution < 1.29 is 18.7 Å². The minimum atomic E-state index is -0.415. The molecule has 0 saturated carbocycles. The van der Waals surface area contributed by atoms with Gasteiger partial charge >= 0.3 is 0 Å². The summed E-state index contributed by atoms with van der Waals surface area (Å²) in [5, 5.41) is 2.86. The largest absolute Gasteiger partial charge is 0.481 e. The van der Waals surface area contributed by atoms with Crippen LogP contribution in [-0.2, 0) is 9.53 Å². The van der Waals surface area contributed by atoms with E-state index in [1.165, 1.54) is 6.07 Å². The number of carbonyl (C=O) groups is 1. The zero-order valence-corrected chi connectivity index (χ0v) is 10.9. The van der Waals surface area contributed by atoms with E-state index in [1.807, 2.05) is 0 Å². The summed E-state index contributed by atoms with van der Waals surface area (Å²) < 4.78 is 24.0. The van der Waals surface area contributed by atoms with Gasteiger partial charge in [0.25, 0.3) is 5.91 Å². The average molecular weight is 267 g/mol. The van der Waals surface area contributed by atoms with Gasteiger partial charge in [0.2, 0.25) is 0 Å². The average Bonchev–Trinajstić information content (AvgIpc) is 2.42. The molecule has 1 heterocycles. The number of aryl methyl sites for hydroxylation is 1. The summed E-state index contributed by atoms with van der Waals surface area (Å²) in [6.45, 7) is 2.82. The molecule has 104 valence electrons. The summed E-state index contributed by atoms with van der Waals surface area (Å²) in [6, 6.07) is 5.01. The number of ether oxygens (including phenoxy) is 2. The predicted octanol–water partition coefficient (Wildman–Crippen LogP) is 1.81. The molecule has 1 saturated heterocycles. The Morgan fingerprint density at radius 2 is 2.21 bits per heavy atom. The first-order valence-electron chi connectivity index (χ1n) is 6.42. The Morgan fingerprint density at radius 1 is 1.47 bits per heavy atom. The molecule has 1 aliphatic heterocycles. The van der Waals surface area contributed by atoms with Crippen molar-refractivity contribution in [2.75, 3.05) is 19.8 Å². The first-order chi connectivity index (χ1) is 9.16. The van der Waals surface area contributed by atoms with Gasteiger partial charge in [-0.3, -0.25) is 4.79 Å². The number of nitrogens with one attached hydrogen (secondary N) is 1. The van der Waals surface area contributed by atoms with Gasteiger partial charge in [0.1, 0.15) is 0 Å². The van der Waals surface area contributed by atoms with Gasteiger partial charge in [0.15, 0.2) is 18.2 Å². The van der Waals surface area contributed by atoms with E-state index in [9.17, 15) is 9.18 Å². The molecule has 2 rings (SSSR count). The van der Waals surface area contributed by atoms with E-state index in [4.69, 9.17) is 9.47 Å². The third-order valence-corrected chi connectivity index (χ3v) is 3.10. The van der Waals surface area contributed by atoms with Crippen LogP contribution in [0.4, 0.5) is 4.39 Å². The van der Waals surface area contributed by atoms with Gasteiger partial charge < -0.3 is 14.8 Å². The Balaban J connectivity index is 1.81. The fraction of sp³-hybridized carbons (Fsp3) is 0.500. The number of halogens is 1. The lowest BCUT2D eigenvalue weighted by Crippen LogP contribution is -2.41. The van der Waals surface area contributed by atoms with Crippen molar-refractivity contribution in [1.82, 2.24) is 5.32 Å². The van der Waals surface area contributed by atoms with Gasteiger partial charge in [-0.1, -0.05) is 12.1 Å². The highest BCUT2D eigenvalue weighted by Gasteiger charge is 2.16. The van der Waals surface area contributed by atoms with Gasteiger partial charge in [-0.05, 0) is 31.4 Å². The third kappa shape index (κ3) is 3.92. The Labute approximate surface area is 111 Å². The maximum atomic E-state index is 13.6. The monoisotopic (exact) mass is 267 g/mol. The van der Waals surface area contributed by atoms with Crippen molar-refractivity contribution in [2.24, 2.45) is 0 Å². The molecular formula is C14H18FNO3. The van der Waals surface area contributed by atoms with Crippen LogP contribution in [0.2, 0.25) is 0 Å². The number of amides is 1. The van der Waals surface area contributed by atoms with E-state index < -0.39 is 5.82 Å². The molecule has 1 aromatic carbocycles. The van der Waals surface area contributed by atoms with Crippen molar-refractivity contribution in [1.29, 1.82) is 0 Å². The summed E-state index contributed by atoms with van der Waals surface area (Å²) in [7, 11) is 0. The van der Waals surface area contributed by atoms with E-state index >= 15 is 0 Å². The maximum absolute atomic E-state index is 13.6. The SMILES string of the molecule is Cc1cccc(OCC(=O)NC2CCOCC2)c1F. The zero-order chi connectivity index (χ0) is 13.7. The highest BCUT2D eigenvalue weighted by atomic mass is 19.1. The Kier molecular flexibility index (Phi) is 4.74. The molecular weight excluding hydrogens is 249 g/mol. The molecule has 1 fully saturated rings. The van der Waals surface area contributed by atoms with Crippen LogP contribution < -0.4 is 10.1 Å². The van der Waals surface area contributed by atoms with Gasteiger partial charge in [-0.2, -0.15) is 0 Å². The molecule has 0 unspecified atom stereocenters. The zero-order valence-electron chi connectivity index (χ0n) is 10.9. The van der Waals surface area contributed by atoms with E-state index in [1.54, 1.807) is 19.1 Å². The summed E-state index contributed by atoms with van der Waals surface area (Å²) in [6.07, 6.45) is 1.62. The molecule has 0 aromatic heterocycles. The lowest BCUT2D eigenvalue weighted by molar-refractivity contribution is -0.124. The molecule has 1 aliphatic rings. The second-order valence-corrected chi connectivity index (χ2v) is 4.63.